The van der Waals surface area contributed by atoms with Crippen molar-refractivity contribution in [2.45, 2.75) is 19.8 Å². The van der Waals surface area contributed by atoms with Crippen LogP contribution < -0.4 is 0 Å². The van der Waals surface area contributed by atoms with Gasteiger partial charge < -0.3 is 4.98 Å². The molecule has 78 valence electrons. The van der Waals surface area contributed by atoms with Gasteiger partial charge in [0.2, 0.25) is 5.82 Å². The van der Waals surface area contributed by atoms with Gasteiger partial charge in [-0.15, -0.1) is 0 Å². The van der Waals surface area contributed by atoms with Crippen molar-refractivity contribution in [3.05, 3.63) is 29.1 Å². The molecule has 2 aromatic rings. The molecule has 0 aliphatic heterocycles. The van der Waals surface area contributed by atoms with Crippen LogP contribution in [0.4, 0.5) is 0 Å². The maximum absolute atomic E-state index is 9.14. The van der Waals surface area contributed by atoms with E-state index in [2.05, 4.69) is 23.0 Å². The molecule has 16 heavy (non-hydrogen) atoms. The lowest BCUT2D eigenvalue weighted by atomic mass is 10.0. The highest BCUT2D eigenvalue weighted by Gasteiger charge is 2.10. The fourth-order valence-electron chi connectivity index (χ4n) is 1.77. The van der Waals surface area contributed by atoms with E-state index >= 15 is 0 Å². The fourth-order valence-corrected chi connectivity index (χ4v) is 1.77. The van der Waals surface area contributed by atoms with E-state index in [-0.39, 0.29) is 5.82 Å². The van der Waals surface area contributed by atoms with Gasteiger partial charge in [0.25, 0.3) is 0 Å². The zero-order valence-electron chi connectivity index (χ0n) is 8.91. The molecule has 0 unspecified atom stereocenters. The summed E-state index contributed by atoms with van der Waals surface area (Å²) < 4.78 is 0. The molecule has 0 atom stereocenters. The van der Waals surface area contributed by atoms with Crippen LogP contribution in [0.3, 0.4) is 0 Å². The second kappa shape index (κ2) is 4.04. The van der Waals surface area contributed by atoms with E-state index in [1.54, 1.807) is 0 Å². The predicted octanol–water partition coefficient (Wildman–Crippen LogP) is 2.26. The van der Waals surface area contributed by atoms with Crippen molar-refractivity contribution in [2.75, 3.05) is 0 Å². The molecule has 0 amide bonds. The minimum atomic E-state index is 0.250. The van der Waals surface area contributed by atoms with Gasteiger partial charge in [0.05, 0.1) is 11.1 Å². The lowest BCUT2D eigenvalue weighted by Crippen LogP contribution is -1.90. The number of fused-ring (bicyclic) bond motifs is 1. The van der Waals surface area contributed by atoms with Crippen LogP contribution in [0.2, 0.25) is 0 Å². The number of aryl methyl sites for hydroxylation is 1. The van der Waals surface area contributed by atoms with E-state index in [4.69, 9.17) is 10.5 Å². The minimum absolute atomic E-state index is 0.250. The van der Waals surface area contributed by atoms with Crippen LogP contribution in [0.5, 0.6) is 0 Å². The van der Waals surface area contributed by atoms with Crippen LogP contribution in [-0.4, -0.2) is 9.97 Å². The van der Waals surface area contributed by atoms with Gasteiger partial charge in [-0.1, -0.05) is 19.4 Å². The maximum Gasteiger partial charge on any atom is 0.211 e. The van der Waals surface area contributed by atoms with Crippen molar-refractivity contribution in [2.24, 2.45) is 0 Å². The number of H-pyrrole nitrogens is 1. The molecule has 1 heterocycles. The molecule has 0 saturated heterocycles. The number of benzene rings is 1. The number of rotatable bonds is 2. The molecule has 1 aromatic carbocycles. The average molecular weight is 210 g/mol. The molecular weight excluding hydrogens is 200 g/mol. The third kappa shape index (κ3) is 1.51. The van der Waals surface area contributed by atoms with E-state index in [1.807, 2.05) is 18.2 Å². The molecule has 4 heteroatoms. The summed E-state index contributed by atoms with van der Waals surface area (Å²) in [5, 5.41) is 17.9. The molecular formula is C12H10N4. The summed E-state index contributed by atoms with van der Waals surface area (Å²) in [4.78, 5) is 6.97. The van der Waals surface area contributed by atoms with Crippen molar-refractivity contribution in [1.82, 2.24) is 9.97 Å². The summed E-state index contributed by atoms with van der Waals surface area (Å²) in [7, 11) is 0. The Labute approximate surface area is 93.2 Å². The van der Waals surface area contributed by atoms with E-state index < -0.39 is 0 Å². The van der Waals surface area contributed by atoms with Gasteiger partial charge >= 0.3 is 0 Å². The summed E-state index contributed by atoms with van der Waals surface area (Å²) in [5.41, 5.74) is 2.92. The Balaban J connectivity index is 2.71. The van der Waals surface area contributed by atoms with Gasteiger partial charge in [0, 0.05) is 0 Å². The highest BCUT2D eigenvalue weighted by molar-refractivity contribution is 5.83. The molecule has 0 spiro atoms. The molecule has 1 aromatic heterocycles. The van der Waals surface area contributed by atoms with Gasteiger partial charge in [0.1, 0.15) is 17.7 Å². The number of hydrogen-bond donors (Lipinski definition) is 1. The molecule has 0 saturated carbocycles. The predicted molar refractivity (Wildman–Crippen MR) is 59.5 cm³/mol. The fraction of sp³-hybridized carbons (Fsp3) is 0.250. The Morgan fingerprint density at radius 3 is 2.75 bits per heavy atom. The number of nitrogens with one attached hydrogen (secondary N) is 1. The van der Waals surface area contributed by atoms with Gasteiger partial charge in [-0.3, -0.25) is 0 Å². The van der Waals surface area contributed by atoms with Crippen LogP contribution >= 0.6 is 0 Å². The first kappa shape index (κ1) is 10.2. The number of imidazole rings is 1. The van der Waals surface area contributed by atoms with E-state index in [1.165, 1.54) is 0 Å². The summed E-state index contributed by atoms with van der Waals surface area (Å²) >= 11 is 0. The van der Waals surface area contributed by atoms with Crippen molar-refractivity contribution < 1.29 is 0 Å². The van der Waals surface area contributed by atoms with Gasteiger partial charge in [-0.25, -0.2) is 4.98 Å². The van der Waals surface area contributed by atoms with Gasteiger partial charge in [-0.2, -0.15) is 10.5 Å². The summed E-state index contributed by atoms with van der Waals surface area (Å²) in [6.45, 7) is 2.07. The Kier molecular flexibility index (Phi) is 2.57. The third-order valence-electron chi connectivity index (χ3n) is 2.48. The Morgan fingerprint density at radius 2 is 2.12 bits per heavy atom. The second-order valence-electron chi connectivity index (χ2n) is 3.55. The van der Waals surface area contributed by atoms with E-state index in [0.717, 1.165) is 23.9 Å². The first-order chi connectivity index (χ1) is 7.80. The largest absolute Gasteiger partial charge is 0.329 e. The monoisotopic (exact) mass is 210 g/mol. The van der Waals surface area contributed by atoms with Crippen LogP contribution in [0, 0.1) is 22.7 Å². The van der Waals surface area contributed by atoms with Crippen LogP contribution in [0.25, 0.3) is 11.0 Å². The van der Waals surface area contributed by atoms with E-state index in [0.29, 0.717) is 11.1 Å². The number of aromatic nitrogens is 2. The number of aromatic amines is 1. The molecule has 0 aliphatic carbocycles. The third-order valence-corrected chi connectivity index (χ3v) is 2.48. The topological polar surface area (TPSA) is 76.3 Å². The molecule has 0 aliphatic rings. The second-order valence-corrected chi connectivity index (χ2v) is 3.55. The highest BCUT2D eigenvalue weighted by atomic mass is 14.9. The Bertz CT molecular complexity index is 610. The van der Waals surface area contributed by atoms with Gasteiger partial charge in [0.15, 0.2) is 0 Å². The first-order valence-electron chi connectivity index (χ1n) is 5.12. The van der Waals surface area contributed by atoms with Crippen LogP contribution in [0.15, 0.2) is 12.1 Å². The number of hydrogen-bond acceptors (Lipinski definition) is 3. The van der Waals surface area contributed by atoms with Crippen molar-refractivity contribution in [3.63, 3.8) is 0 Å². The smallest absolute Gasteiger partial charge is 0.211 e. The Morgan fingerprint density at radius 1 is 1.31 bits per heavy atom. The lowest BCUT2D eigenvalue weighted by molar-refractivity contribution is 0.920. The summed E-state index contributed by atoms with van der Waals surface area (Å²) in [6.07, 6.45) is 1.84. The van der Waals surface area contributed by atoms with Crippen molar-refractivity contribution >= 4 is 11.0 Å². The van der Waals surface area contributed by atoms with Crippen molar-refractivity contribution in [1.29, 1.82) is 10.5 Å². The number of nitrogens with zero attached hydrogens (tertiary/aromatic N) is 3. The van der Waals surface area contributed by atoms with Crippen LogP contribution in [0.1, 0.15) is 30.3 Å². The van der Waals surface area contributed by atoms with Crippen LogP contribution in [-0.2, 0) is 6.42 Å². The van der Waals surface area contributed by atoms with Gasteiger partial charge in [-0.05, 0) is 18.1 Å². The normalized spacial score (nSPS) is 9.94. The highest BCUT2D eigenvalue weighted by Crippen LogP contribution is 2.21. The molecule has 0 fully saturated rings. The summed E-state index contributed by atoms with van der Waals surface area (Å²) in [5.74, 6) is 0.250. The Hall–Kier alpha value is -2.33. The molecule has 0 bridgehead atoms. The van der Waals surface area contributed by atoms with Crippen molar-refractivity contribution in [3.8, 4) is 12.1 Å². The quantitative estimate of drug-likeness (QED) is 0.825. The number of nitriles is 2. The average Bonchev–Trinajstić information content (AvgIpc) is 2.72. The molecule has 4 nitrogen and oxygen atoms in total. The van der Waals surface area contributed by atoms with E-state index in [9.17, 15) is 0 Å². The lowest BCUT2D eigenvalue weighted by Gasteiger charge is -2.01. The first-order valence-corrected chi connectivity index (χ1v) is 5.12. The minimum Gasteiger partial charge on any atom is -0.329 e. The SMILES string of the molecule is CCCc1ccc2[nH]c(C#N)nc2c1C#N. The summed E-state index contributed by atoms with van der Waals surface area (Å²) in [6, 6.07) is 7.90. The standard InChI is InChI=1S/C12H10N4/c1-2-3-8-4-5-10-12(9(8)6-13)16-11(7-14)15-10/h4-5H,2-3H2,1H3,(H,15,16). The molecule has 1 N–H and O–H groups in total. The maximum atomic E-state index is 9.14. The zero-order chi connectivity index (χ0) is 11.5. The zero-order valence-corrected chi connectivity index (χ0v) is 8.91. The molecule has 2 rings (SSSR count). The molecule has 0 radical (unpaired) electrons.